The van der Waals surface area contributed by atoms with Crippen molar-refractivity contribution in [3.05, 3.63) is 42.4 Å². The van der Waals surface area contributed by atoms with Gasteiger partial charge in [0.2, 0.25) is 17.7 Å². The van der Waals surface area contributed by atoms with Gasteiger partial charge in [-0.2, -0.15) is 0 Å². The fraction of sp³-hybridized carbons (Fsp3) is 0.522. The zero-order valence-corrected chi connectivity index (χ0v) is 24.0. The minimum Gasteiger partial charge on any atom is -0.385 e. The number of carbonyl (C=O) groups is 3. The van der Waals surface area contributed by atoms with E-state index in [0.717, 1.165) is 58.2 Å². The number of aromatic amines is 4. The van der Waals surface area contributed by atoms with Gasteiger partial charge in [0.15, 0.2) is 9.54 Å². The molecule has 5 rings (SSSR count). The van der Waals surface area contributed by atoms with Crippen LogP contribution in [-0.4, -0.2) is 93.1 Å². The molecule has 3 amide bonds. The van der Waals surface area contributed by atoms with E-state index in [9.17, 15) is 24.0 Å². The third kappa shape index (κ3) is 14.1. The van der Waals surface area contributed by atoms with E-state index in [1.54, 1.807) is 14.7 Å². The summed E-state index contributed by atoms with van der Waals surface area (Å²) in [5.74, 6) is 1.44. The standard InChI is InChI=1S/3C5H9NO.2C4H5N3OS/c3*1-6-4-2-3-5(6)7;2*5-2-1-3(8)7-4(9)6-2/h3*2-4H2,1H3;2*1H,(H4,5,6,7,8,9). The van der Waals surface area contributed by atoms with Gasteiger partial charge in [-0.25, -0.2) is 0 Å². The molecule has 2 aromatic rings. The second kappa shape index (κ2) is 16.9. The van der Waals surface area contributed by atoms with Crippen molar-refractivity contribution in [3.63, 3.8) is 0 Å². The quantitative estimate of drug-likeness (QED) is 0.241. The Morgan fingerprint density at radius 3 is 1.00 bits per heavy atom. The van der Waals surface area contributed by atoms with Crippen LogP contribution in [0.4, 0.5) is 11.6 Å². The summed E-state index contributed by atoms with van der Waals surface area (Å²) < 4.78 is 0.500. The lowest BCUT2D eigenvalue weighted by Crippen LogP contribution is -2.17. The number of hydrogen-bond acceptors (Lipinski definition) is 9. The van der Waals surface area contributed by atoms with Crippen LogP contribution < -0.4 is 22.6 Å². The molecule has 3 fully saturated rings. The molecule has 39 heavy (non-hydrogen) atoms. The number of nitrogens with two attached hydrogens (primary N) is 2. The molecular formula is C23H37N9O5S2. The molecule has 0 spiro atoms. The van der Waals surface area contributed by atoms with E-state index >= 15 is 0 Å². The Balaban J connectivity index is 0.000000245. The molecule has 2 aromatic heterocycles. The van der Waals surface area contributed by atoms with Crippen LogP contribution in [0, 0.1) is 9.54 Å². The Morgan fingerprint density at radius 2 is 0.872 bits per heavy atom. The summed E-state index contributed by atoms with van der Waals surface area (Å²) in [5, 5.41) is 0. The van der Waals surface area contributed by atoms with E-state index in [0.29, 0.717) is 17.7 Å². The number of nitrogen functional groups attached to an aromatic ring is 2. The zero-order valence-electron chi connectivity index (χ0n) is 22.4. The van der Waals surface area contributed by atoms with E-state index < -0.39 is 0 Å². The molecule has 14 nitrogen and oxygen atoms in total. The first kappa shape index (κ1) is 33.2. The zero-order chi connectivity index (χ0) is 29.5. The maximum atomic E-state index is 10.5. The minimum atomic E-state index is -0.281. The van der Waals surface area contributed by atoms with Gasteiger partial charge in [-0.15, -0.1) is 0 Å². The van der Waals surface area contributed by atoms with Crippen LogP contribution in [0.2, 0.25) is 0 Å². The highest BCUT2D eigenvalue weighted by molar-refractivity contribution is 7.71. The predicted octanol–water partition coefficient (Wildman–Crippen LogP) is 0.745. The first-order valence-corrected chi connectivity index (χ1v) is 13.0. The largest absolute Gasteiger partial charge is 0.385 e. The average Bonchev–Trinajstić information content (AvgIpc) is 3.51. The molecule has 0 saturated carbocycles. The van der Waals surface area contributed by atoms with Crippen LogP contribution in [0.25, 0.3) is 0 Å². The molecular weight excluding hydrogens is 546 g/mol. The fourth-order valence-electron chi connectivity index (χ4n) is 3.32. The number of aromatic nitrogens is 4. The molecule has 0 aliphatic carbocycles. The highest BCUT2D eigenvalue weighted by Crippen LogP contribution is 2.06. The van der Waals surface area contributed by atoms with Gasteiger partial charge in [0, 0.05) is 72.2 Å². The molecule has 3 aliphatic rings. The average molecular weight is 584 g/mol. The molecule has 5 heterocycles. The summed E-state index contributed by atoms with van der Waals surface area (Å²) in [6.07, 6.45) is 5.43. The van der Waals surface area contributed by atoms with Crippen molar-refractivity contribution >= 4 is 53.8 Å². The molecule has 0 atom stereocenters. The smallest absolute Gasteiger partial charge is 0.253 e. The van der Waals surface area contributed by atoms with Crippen molar-refractivity contribution in [1.29, 1.82) is 0 Å². The molecule has 16 heteroatoms. The van der Waals surface area contributed by atoms with Crippen LogP contribution in [0.5, 0.6) is 0 Å². The lowest BCUT2D eigenvalue weighted by molar-refractivity contribution is -0.127. The lowest BCUT2D eigenvalue weighted by atomic mass is 10.4. The second-order valence-electron chi connectivity index (χ2n) is 8.84. The molecule has 0 bridgehead atoms. The van der Waals surface area contributed by atoms with Crippen LogP contribution in [0.1, 0.15) is 38.5 Å². The summed E-state index contributed by atoms with van der Waals surface area (Å²) in [6, 6.07) is 2.46. The van der Waals surface area contributed by atoms with Crippen LogP contribution in [0.3, 0.4) is 0 Å². The van der Waals surface area contributed by atoms with Gasteiger partial charge in [0.05, 0.1) is 0 Å². The first-order chi connectivity index (χ1) is 18.3. The number of carbonyl (C=O) groups excluding carboxylic acids is 3. The number of H-pyrrole nitrogens is 4. The summed E-state index contributed by atoms with van der Waals surface area (Å²) in [7, 11) is 5.53. The van der Waals surface area contributed by atoms with E-state index in [-0.39, 0.29) is 32.3 Å². The third-order valence-electron chi connectivity index (χ3n) is 5.49. The number of anilines is 2. The maximum Gasteiger partial charge on any atom is 0.253 e. The Labute approximate surface area is 235 Å². The molecule has 216 valence electrons. The highest BCUT2D eigenvalue weighted by Gasteiger charge is 2.15. The van der Waals surface area contributed by atoms with Crippen molar-refractivity contribution in [2.45, 2.75) is 38.5 Å². The molecule has 3 saturated heterocycles. The van der Waals surface area contributed by atoms with E-state index in [1.807, 2.05) is 21.1 Å². The van der Waals surface area contributed by atoms with E-state index in [4.69, 9.17) is 11.5 Å². The number of likely N-dealkylation sites (tertiary alicyclic amines) is 3. The van der Waals surface area contributed by atoms with Crippen molar-refractivity contribution in [2.24, 2.45) is 0 Å². The van der Waals surface area contributed by atoms with E-state index in [2.05, 4.69) is 44.4 Å². The number of hydrogen-bond donors (Lipinski definition) is 6. The van der Waals surface area contributed by atoms with Crippen molar-refractivity contribution in [1.82, 2.24) is 34.6 Å². The highest BCUT2D eigenvalue weighted by atomic mass is 32.1. The molecule has 0 aromatic carbocycles. The Bertz CT molecular complexity index is 1160. The van der Waals surface area contributed by atoms with Crippen LogP contribution >= 0.6 is 24.4 Å². The Kier molecular flexibility index (Phi) is 14.4. The third-order valence-corrected chi connectivity index (χ3v) is 5.90. The number of amides is 3. The first-order valence-electron chi connectivity index (χ1n) is 12.2. The van der Waals surface area contributed by atoms with Crippen LogP contribution in [0.15, 0.2) is 21.7 Å². The van der Waals surface area contributed by atoms with Crippen molar-refractivity contribution in [2.75, 3.05) is 52.2 Å². The SMILES string of the molecule is CN1CCCC1=O.CN1CCCC1=O.CN1CCCC1=O.Nc1cc(=O)[nH]c(=S)[nH]1.Nc1cc(=O)[nH]c(=S)[nH]1. The normalized spacial score (nSPS) is 15.8. The summed E-state index contributed by atoms with van der Waals surface area (Å²) in [4.78, 5) is 67.5. The molecule has 8 N–H and O–H groups in total. The lowest BCUT2D eigenvalue weighted by Gasteiger charge is -2.03. The van der Waals surface area contributed by atoms with Gasteiger partial charge in [0.1, 0.15) is 11.6 Å². The number of nitrogens with one attached hydrogen (secondary N) is 4. The molecule has 0 unspecified atom stereocenters. The monoisotopic (exact) mass is 583 g/mol. The van der Waals surface area contributed by atoms with Crippen molar-refractivity contribution < 1.29 is 14.4 Å². The summed E-state index contributed by atoms with van der Waals surface area (Å²) in [5.41, 5.74) is 9.87. The summed E-state index contributed by atoms with van der Waals surface area (Å²) in [6.45, 7) is 2.87. The maximum absolute atomic E-state index is 10.5. The predicted molar refractivity (Wildman–Crippen MR) is 154 cm³/mol. The van der Waals surface area contributed by atoms with Gasteiger partial charge >= 0.3 is 0 Å². The van der Waals surface area contributed by atoms with Gasteiger partial charge in [-0.1, -0.05) is 0 Å². The van der Waals surface area contributed by atoms with Crippen LogP contribution in [-0.2, 0) is 14.4 Å². The van der Waals surface area contributed by atoms with Gasteiger partial charge in [-0.3, -0.25) is 33.9 Å². The topological polar surface area (TPSA) is 210 Å². The van der Waals surface area contributed by atoms with Gasteiger partial charge < -0.3 is 36.1 Å². The Hall–Kier alpha value is -3.79. The van der Waals surface area contributed by atoms with Gasteiger partial charge in [0.25, 0.3) is 11.1 Å². The minimum absolute atomic E-state index is 0.250. The summed E-state index contributed by atoms with van der Waals surface area (Å²) >= 11 is 9.19. The molecule has 0 radical (unpaired) electrons. The fourth-order valence-corrected chi connectivity index (χ4v) is 3.76. The number of nitrogens with zero attached hydrogens (tertiary/aromatic N) is 3. The molecule has 3 aliphatic heterocycles. The van der Waals surface area contributed by atoms with Gasteiger partial charge in [-0.05, 0) is 43.7 Å². The second-order valence-corrected chi connectivity index (χ2v) is 9.66. The Morgan fingerprint density at radius 1 is 0.590 bits per heavy atom. The van der Waals surface area contributed by atoms with Crippen molar-refractivity contribution in [3.8, 4) is 0 Å². The number of rotatable bonds is 0. The van der Waals surface area contributed by atoms with E-state index in [1.165, 1.54) is 12.1 Å².